The highest BCUT2D eigenvalue weighted by molar-refractivity contribution is 5.87. The molecular weight excluding hydrogens is 273 g/mol. The summed E-state index contributed by atoms with van der Waals surface area (Å²) in [4.78, 5) is 23.0. The van der Waals surface area contributed by atoms with Crippen LogP contribution in [0.1, 0.15) is 33.6 Å². The van der Waals surface area contributed by atoms with Crippen LogP contribution in [0.5, 0.6) is 0 Å². The summed E-state index contributed by atoms with van der Waals surface area (Å²) in [5, 5.41) is 8.97. The molecule has 0 spiro atoms. The van der Waals surface area contributed by atoms with Gasteiger partial charge in [-0.25, -0.2) is 9.18 Å². The van der Waals surface area contributed by atoms with Gasteiger partial charge in [-0.05, 0) is 48.6 Å². The number of nitrogens with zero attached hydrogens (tertiary/aromatic N) is 1. The Morgan fingerprint density at radius 2 is 2.05 bits per heavy atom. The van der Waals surface area contributed by atoms with Crippen molar-refractivity contribution >= 4 is 5.97 Å². The van der Waals surface area contributed by atoms with Gasteiger partial charge in [0.15, 0.2) is 0 Å². The first-order valence-corrected chi connectivity index (χ1v) is 6.79. The molecule has 3 rings (SSSR count). The highest BCUT2D eigenvalue weighted by atomic mass is 19.1. The molecule has 1 aromatic heterocycles. The molecule has 0 unspecified atom stereocenters. The largest absolute Gasteiger partial charge is 0.478 e. The van der Waals surface area contributed by atoms with Crippen LogP contribution in [0.3, 0.4) is 0 Å². The second-order valence-electron chi connectivity index (χ2n) is 5.24. The lowest BCUT2D eigenvalue weighted by Gasteiger charge is -2.12. The Balaban J connectivity index is 2.04. The maximum absolute atomic E-state index is 13.5. The molecule has 0 saturated carbocycles. The first kappa shape index (κ1) is 13.5. The van der Waals surface area contributed by atoms with Gasteiger partial charge in [-0.1, -0.05) is 6.07 Å². The number of hydrogen-bond acceptors (Lipinski definition) is 2. The average Bonchev–Trinajstić information content (AvgIpc) is 2.90. The van der Waals surface area contributed by atoms with Crippen molar-refractivity contribution in [3.05, 3.63) is 68.9 Å². The van der Waals surface area contributed by atoms with Crippen LogP contribution in [0.25, 0.3) is 0 Å². The number of aromatic carboxylic acids is 1. The molecule has 0 atom stereocenters. The minimum absolute atomic E-state index is 0.106. The van der Waals surface area contributed by atoms with Gasteiger partial charge in [-0.15, -0.1) is 0 Å². The maximum Gasteiger partial charge on any atom is 0.335 e. The van der Waals surface area contributed by atoms with Crippen molar-refractivity contribution in [2.45, 2.75) is 25.8 Å². The van der Waals surface area contributed by atoms with Crippen molar-refractivity contribution in [1.82, 2.24) is 4.57 Å². The van der Waals surface area contributed by atoms with Crippen LogP contribution in [0, 0.1) is 5.82 Å². The highest BCUT2D eigenvalue weighted by Gasteiger charge is 2.16. The number of hydrogen-bond donors (Lipinski definition) is 1. The monoisotopic (exact) mass is 287 g/mol. The van der Waals surface area contributed by atoms with E-state index in [1.165, 1.54) is 18.2 Å². The van der Waals surface area contributed by atoms with Gasteiger partial charge in [-0.2, -0.15) is 0 Å². The second kappa shape index (κ2) is 5.16. The zero-order valence-electron chi connectivity index (χ0n) is 11.3. The number of halogens is 1. The Morgan fingerprint density at radius 1 is 1.24 bits per heavy atom. The number of aryl methyl sites for hydroxylation is 1. The molecule has 0 aliphatic heterocycles. The van der Waals surface area contributed by atoms with Crippen LogP contribution in [-0.4, -0.2) is 15.6 Å². The van der Waals surface area contributed by atoms with Gasteiger partial charge in [0, 0.05) is 11.8 Å². The lowest BCUT2D eigenvalue weighted by atomic mass is 10.1. The fourth-order valence-electron chi connectivity index (χ4n) is 2.85. The quantitative estimate of drug-likeness (QED) is 0.941. The van der Waals surface area contributed by atoms with E-state index in [-0.39, 0.29) is 17.7 Å². The van der Waals surface area contributed by atoms with Crippen molar-refractivity contribution in [1.29, 1.82) is 0 Å². The number of pyridine rings is 1. The molecule has 21 heavy (non-hydrogen) atoms. The zero-order valence-corrected chi connectivity index (χ0v) is 11.3. The Morgan fingerprint density at radius 3 is 2.81 bits per heavy atom. The summed E-state index contributed by atoms with van der Waals surface area (Å²) >= 11 is 0. The number of benzene rings is 1. The summed E-state index contributed by atoms with van der Waals surface area (Å²) in [7, 11) is 0. The van der Waals surface area contributed by atoms with Crippen molar-refractivity contribution in [2.75, 3.05) is 0 Å². The van der Waals surface area contributed by atoms with Crippen LogP contribution < -0.4 is 5.56 Å². The molecule has 4 nitrogen and oxygen atoms in total. The molecule has 1 aliphatic carbocycles. The van der Waals surface area contributed by atoms with Crippen LogP contribution in [0.4, 0.5) is 4.39 Å². The normalized spacial score (nSPS) is 13.2. The van der Waals surface area contributed by atoms with Gasteiger partial charge >= 0.3 is 5.97 Å². The molecule has 1 aliphatic rings. The van der Waals surface area contributed by atoms with E-state index in [0.717, 1.165) is 36.6 Å². The Bertz CT molecular complexity index is 780. The number of rotatable bonds is 3. The van der Waals surface area contributed by atoms with Crippen LogP contribution in [-0.2, 0) is 19.4 Å². The summed E-state index contributed by atoms with van der Waals surface area (Å²) < 4.78 is 15.1. The first-order chi connectivity index (χ1) is 10.0. The van der Waals surface area contributed by atoms with E-state index >= 15 is 0 Å². The summed E-state index contributed by atoms with van der Waals surface area (Å²) in [5.41, 5.74) is 2.35. The summed E-state index contributed by atoms with van der Waals surface area (Å²) in [5.74, 6) is -1.79. The third-order valence-corrected chi connectivity index (χ3v) is 3.79. The van der Waals surface area contributed by atoms with Crippen LogP contribution >= 0.6 is 0 Å². The van der Waals surface area contributed by atoms with E-state index in [1.807, 2.05) is 6.07 Å². The van der Waals surface area contributed by atoms with Crippen molar-refractivity contribution < 1.29 is 14.3 Å². The Hall–Kier alpha value is -2.43. The van der Waals surface area contributed by atoms with E-state index in [2.05, 4.69) is 0 Å². The van der Waals surface area contributed by atoms with Gasteiger partial charge in [-0.3, -0.25) is 4.79 Å². The van der Waals surface area contributed by atoms with Gasteiger partial charge in [0.2, 0.25) is 0 Å². The molecule has 0 bridgehead atoms. The lowest BCUT2D eigenvalue weighted by molar-refractivity contribution is 0.0696. The number of fused-ring (bicyclic) bond motifs is 1. The van der Waals surface area contributed by atoms with Gasteiger partial charge in [0.05, 0.1) is 12.1 Å². The third kappa shape index (κ3) is 2.59. The molecule has 0 radical (unpaired) electrons. The molecule has 1 aromatic carbocycles. The fraction of sp³-hybridized carbons (Fsp3) is 0.250. The van der Waals surface area contributed by atoms with Gasteiger partial charge < -0.3 is 9.67 Å². The molecule has 0 amide bonds. The number of carboxylic acids is 1. The molecular formula is C16H14FNO3. The topological polar surface area (TPSA) is 59.3 Å². The average molecular weight is 287 g/mol. The van der Waals surface area contributed by atoms with Gasteiger partial charge in [0.25, 0.3) is 5.56 Å². The lowest BCUT2D eigenvalue weighted by Crippen LogP contribution is -2.23. The minimum atomic E-state index is -1.18. The predicted octanol–water partition coefficient (Wildman–Crippen LogP) is 2.22. The number of carbonyl (C=O) groups is 1. The van der Waals surface area contributed by atoms with Crippen molar-refractivity contribution in [3.8, 4) is 0 Å². The van der Waals surface area contributed by atoms with Crippen molar-refractivity contribution in [2.24, 2.45) is 0 Å². The van der Waals surface area contributed by atoms with E-state index in [1.54, 1.807) is 4.57 Å². The first-order valence-electron chi connectivity index (χ1n) is 6.79. The van der Waals surface area contributed by atoms with E-state index < -0.39 is 11.8 Å². The molecule has 5 heteroatoms. The van der Waals surface area contributed by atoms with Crippen molar-refractivity contribution in [3.63, 3.8) is 0 Å². The van der Waals surface area contributed by atoms with E-state index in [0.29, 0.717) is 5.56 Å². The Labute approximate surface area is 120 Å². The van der Waals surface area contributed by atoms with Gasteiger partial charge in [0.1, 0.15) is 5.82 Å². The van der Waals surface area contributed by atoms with E-state index in [9.17, 15) is 14.0 Å². The SMILES string of the molecule is O=C(O)c1cc(F)cc(Cn2c3c(ccc2=O)CCC3)c1. The number of carboxylic acid groups (broad SMARTS) is 1. The summed E-state index contributed by atoms with van der Waals surface area (Å²) in [6, 6.07) is 7.01. The summed E-state index contributed by atoms with van der Waals surface area (Å²) in [6.07, 6.45) is 2.77. The van der Waals surface area contributed by atoms with Crippen LogP contribution in [0.15, 0.2) is 35.1 Å². The molecule has 1 N–H and O–H groups in total. The minimum Gasteiger partial charge on any atom is -0.478 e. The molecule has 0 fully saturated rings. The second-order valence-corrected chi connectivity index (χ2v) is 5.24. The number of aromatic nitrogens is 1. The van der Waals surface area contributed by atoms with Crippen LogP contribution in [0.2, 0.25) is 0 Å². The zero-order chi connectivity index (χ0) is 15.0. The Kier molecular flexibility index (Phi) is 3.33. The predicted molar refractivity (Wildman–Crippen MR) is 75.2 cm³/mol. The smallest absolute Gasteiger partial charge is 0.335 e. The third-order valence-electron chi connectivity index (χ3n) is 3.79. The summed E-state index contributed by atoms with van der Waals surface area (Å²) in [6.45, 7) is 0.194. The molecule has 2 aromatic rings. The molecule has 0 saturated heterocycles. The molecule has 1 heterocycles. The molecule has 108 valence electrons. The fourth-order valence-corrected chi connectivity index (χ4v) is 2.85. The standard InChI is InChI=1S/C16H14FNO3/c17-13-7-10(6-12(8-13)16(20)21)9-18-14-3-1-2-11(14)4-5-15(18)19/h4-8H,1-3,9H2,(H,20,21). The highest BCUT2D eigenvalue weighted by Crippen LogP contribution is 2.21. The maximum atomic E-state index is 13.5. The van der Waals surface area contributed by atoms with E-state index in [4.69, 9.17) is 5.11 Å².